The summed E-state index contributed by atoms with van der Waals surface area (Å²) in [6, 6.07) is 117. The first-order valence-electron chi connectivity index (χ1n) is 40.5. The smallest absolute Gasteiger partial charge is 0.162 e. The Hall–Kier alpha value is -17.2. The molecule has 0 fully saturated rings. The molecule has 0 saturated heterocycles. The molecule has 126 heavy (non-hydrogen) atoms. The van der Waals surface area contributed by atoms with Gasteiger partial charge in [0.15, 0.2) is 29.1 Å². The Morgan fingerprint density at radius 3 is 1.18 bits per heavy atom. The van der Waals surface area contributed by atoms with E-state index in [0.29, 0.717) is 34.7 Å². The van der Waals surface area contributed by atoms with Crippen LogP contribution in [0.15, 0.2) is 383 Å². The van der Waals surface area contributed by atoms with Crippen molar-refractivity contribution in [3.8, 4) is 74.5 Å². The van der Waals surface area contributed by atoms with Crippen molar-refractivity contribution in [2.75, 3.05) is 47.3 Å². The first-order chi connectivity index (χ1) is 62.1. The average molecular weight is 1650 g/mol. The van der Waals surface area contributed by atoms with E-state index in [0.717, 1.165) is 171 Å². The lowest BCUT2D eigenvalue weighted by molar-refractivity contribution is 0.415. The minimum absolute atomic E-state index is 0.124. The number of aromatic nitrogens is 12. The molecule has 0 aliphatic carbocycles. The molecule has 20 aromatic rings. The third-order valence-corrected chi connectivity index (χ3v) is 19.9. The highest BCUT2D eigenvalue weighted by atomic mass is 19.1. The minimum atomic E-state index is -0.472. The molecular weight excluding hydrogens is 1570 g/mol. The number of fused-ring (bicyclic) bond motifs is 5. The molecule has 7 heterocycles. The van der Waals surface area contributed by atoms with Crippen molar-refractivity contribution in [1.29, 1.82) is 5.26 Å². The monoisotopic (exact) mass is 1650 g/mol. The number of rotatable bonds is 20. The number of para-hydroxylation sites is 7. The molecular formula is C104H80F2N18O2. The zero-order chi connectivity index (χ0) is 86.0. The predicted molar refractivity (Wildman–Crippen MR) is 500 cm³/mol. The summed E-state index contributed by atoms with van der Waals surface area (Å²) in [6.45, 7) is 0.894. The van der Waals surface area contributed by atoms with Crippen LogP contribution in [-0.4, -0.2) is 80.6 Å². The molecule has 20 rings (SSSR count). The third-order valence-electron chi connectivity index (χ3n) is 19.9. The van der Waals surface area contributed by atoms with Crippen LogP contribution in [0.3, 0.4) is 0 Å². The molecule has 0 radical (unpaired) electrons. The Balaban J connectivity index is 0.000000116. The van der Waals surface area contributed by atoms with Crippen LogP contribution in [0.4, 0.5) is 54.9 Å². The number of benzene rings is 13. The molecule has 0 saturated carbocycles. The lowest BCUT2D eigenvalue weighted by atomic mass is 10.1. The molecule has 0 atom stereocenters. The molecule has 13 aromatic carbocycles. The second kappa shape index (κ2) is 40.7. The molecule has 20 nitrogen and oxygen atoms in total. The van der Waals surface area contributed by atoms with Gasteiger partial charge in [-0.1, -0.05) is 206 Å². The Labute approximate surface area is 725 Å². The number of halogens is 2. The van der Waals surface area contributed by atoms with Gasteiger partial charge in [-0.2, -0.15) is 5.26 Å². The van der Waals surface area contributed by atoms with Crippen LogP contribution < -0.4 is 36.1 Å². The fourth-order valence-corrected chi connectivity index (χ4v) is 13.6. The van der Waals surface area contributed by atoms with Crippen LogP contribution in [-0.2, 0) is 13.0 Å². The average Bonchev–Trinajstić information content (AvgIpc) is 0.786. The van der Waals surface area contributed by atoms with Crippen LogP contribution in [0.1, 0.15) is 16.8 Å². The zero-order valence-corrected chi connectivity index (χ0v) is 68.4. The van der Waals surface area contributed by atoms with Gasteiger partial charge in [-0.05, 0) is 158 Å². The van der Waals surface area contributed by atoms with Gasteiger partial charge in [0.1, 0.15) is 52.2 Å². The Bertz CT molecular complexity index is 7120. The van der Waals surface area contributed by atoms with Gasteiger partial charge >= 0.3 is 0 Å². The van der Waals surface area contributed by atoms with Crippen molar-refractivity contribution in [3.05, 3.63) is 411 Å². The number of nitriles is 1. The molecule has 612 valence electrons. The Kier molecular flexibility index (Phi) is 26.7. The van der Waals surface area contributed by atoms with Crippen LogP contribution >= 0.6 is 0 Å². The number of ether oxygens (including phenoxy) is 2. The van der Waals surface area contributed by atoms with Crippen LogP contribution in [0.5, 0.6) is 11.5 Å². The van der Waals surface area contributed by atoms with Gasteiger partial charge in [0.05, 0.1) is 59.1 Å². The first kappa shape index (κ1) is 82.5. The maximum Gasteiger partial charge on any atom is 0.162 e. The van der Waals surface area contributed by atoms with Gasteiger partial charge in [0, 0.05) is 115 Å². The summed E-state index contributed by atoms with van der Waals surface area (Å²) in [5.41, 5.74) is 13.7. The first-order valence-corrected chi connectivity index (χ1v) is 40.5. The second-order valence-electron chi connectivity index (χ2n) is 28.3. The summed E-state index contributed by atoms with van der Waals surface area (Å²) in [5, 5.41) is 30.5. The van der Waals surface area contributed by atoms with Crippen molar-refractivity contribution in [1.82, 2.24) is 59.8 Å². The standard InChI is InChI=1S/C21H15F2N3.C21H14N4.C21H18N4.C21H17N3O.C20H16N4O/c22-16-10-11-18(23)15(12-16)13-24-21-17-8-4-5-9-19(17)25-20(26-21)14-6-2-1-3-7-14;22-14-15-7-6-10-17(13-15)23-21-18-11-4-5-12-19(18)24-20(25-21)16-8-2-1-3-9-16;1-2-8-16(9-3-1)20-24-19-12-5-4-11-18(19)21(25-20)23-15-13-17-10-6-7-14-22-17;1-25-19-14-8-7-13-18(19)23-21-16-11-5-6-12-17(16)22-20(24-21)15-9-3-2-4-10-15;1-25-16-8-6-14(7-9-16)19-23-18-5-3-2-4-17(18)20(24-19)22-15-10-12-21-13-11-15/h1-12H,13H2,(H,24,25,26);1-13H,(H,23,24,25);1-12,14H,13,15H2,(H,23,24,25);2-14H,1H3,(H,22,23,24);2-13H,1H3,(H,21,22,23,24). The molecule has 7 aromatic heterocycles. The van der Waals surface area contributed by atoms with E-state index >= 15 is 0 Å². The van der Waals surface area contributed by atoms with Crippen molar-refractivity contribution in [2.24, 2.45) is 0 Å². The highest BCUT2D eigenvalue weighted by Gasteiger charge is 2.18. The van der Waals surface area contributed by atoms with E-state index in [-0.39, 0.29) is 12.1 Å². The van der Waals surface area contributed by atoms with Crippen LogP contribution in [0.25, 0.3) is 111 Å². The van der Waals surface area contributed by atoms with Gasteiger partial charge in [-0.15, -0.1) is 0 Å². The van der Waals surface area contributed by atoms with Crippen molar-refractivity contribution < 1.29 is 18.3 Å². The number of anilines is 8. The molecule has 0 unspecified atom stereocenters. The van der Waals surface area contributed by atoms with Crippen molar-refractivity contribution >= 4 is 101 Å². The van der Waals surface area contributed by atoms with Crippen molar-refractivity contribution in [2.45, 2.75) is 13.0 Å². The van der Waals surface area contributed by atoms with Gasteiger partial charge < -0.3 is 36.1 Å². The van der Waals surface area contributed by atoms with E-state index in [4.69, 9.17) is 49.6 Å². The highest BCUT2D eigenvalue weighted by molar-refractivity contribution is 5.96. The van der Waals surface area contributed by atoms with E-state index < -0.39 is 11.6 Å². The maximum atomic E-state index is 13.9. The van der Waals surface area contributed by atoms with E-state index in [2.05, 4.69) is 57.6 Å². The fraction of sp³-hybridized carbons (Fsp3) is 0.0481. The number of nitrogens with one attached hydrogen (secondary N) is 5. The van der Waals surface area contributed by atoms with Gasteiger partial charge in [-0.3, -0.25) is 9.97 Å². The molecule has 0 bridgehead atoms. The van der Waals surface area contributed by atoms with Gasteiger partial charge in [0.2, 0.25) is 0 Å². The maximum absolute atomic E-state index is 13.9. The number of methoxy groups -OCH3 is 2. The number of hydrogen-bond donors (Lipinski definition) is 5. The molecule has 0 amide bonds. The highest BCUT2D eigenvalue weighted by Crippen LogP contribution is 2.35. The summed E-state index contributed by atoms with van der Waals surface area (Å²) < 4.78 is 37.9. The minimum Gasteiger partial charge on any atom is -0.497 e. The van der Waals surface area contributed by atoms with E-state index in [1.54, 1.807) is 38.7 Å². The van der Waals surface area contributed by atoms with E-state index in [1.165, 1.54) is 6.07 Å². The Morgan fingerprint density at radius 2 is 0.730 bits per heavy atom. The van der Waals surface area contributed by atoms with E-state index in [1.807, 2.05) is 340 Å². The zero-order valence-electron chi connectivity index (χ0n) is 68.4. The largest absolute Gasteiger partial charge is 0.497 e. The number of hydrogen-bond acceptors (Lipinski definition) is 20. The molecule has 0 aliphatic heterocycles. The van der Waals surface area contributed by atoms with Gasteiger partial charge in [0.25, 0.3) is 0 Å². The lowest BCUT2D eigenvalue weighted by Crippen LogP contribution is -2.08. The number of nitrogens with zero attached hydrogens (tertiary/aromatic N) is 13. The van der Waals surface area contributed by atoms with Crippen LogP contribution in [0, 0.1) is 23.0 Å². The molecule has 5 N–H and O–H groups in total. The normalized spacial score (nSPS) is 10.6. The Morgan fingerprint density at radius 1 is 0.325 bits per heavy atom. The summed E-state index contributed by atoms with van der Waals surface area (Å²) in [6.07, 6.45) is 6.16. The summed E-state index contributed by atoms with van der Waals surface area (Å²) in [4.78, 5) is 55.4. The van der Waals surface area contributed by atoms with Crippen molar-refractivity contribution in [3.63, 3.8) is 0 Å². The quantitative estimate of drug-likeness (QED) is 0.0475. The SMILES string of the molecule is COc1ccc(-c2nc(Nc3ccncc3)c3ccccc3n2)cc1.COc1ccccc1Nc1nc(-c2ccccc2)nc2ccccc12.Fc1ccc(F)c(CNc2nc(-c3ccccc3)nc3ccccc23)c1.N#Cc1cccc(Nc2nc(-c3ccccc3)nc3ccccc23)c1.c1ccc(-c2nc(NCCc3ccccn3)c3ccccc3n2)cc1. The number of pyridine rings is 2. The van der Waals surface area contributed by atoms with E-state index in [9.17, 15) is 8.78 Å². The molecule has 0 aliphatic rings. The lowest BCUT2D eigenvalue weighted by Gasteiger charge is -2.13. The summed E-state index contributed by atoms with van der Waals surface area (Å²) >= 11 is 0. The summed E-state index contributed by atoms with van der Waals surface area (Å²) in [7, 11) is 3.31. The van der Waals surface area contributed by atoms with Crippen LogP contribution in [0.2, 0.25) is 0 Å². The topological polar surface area (TPSA) is 257 Å². The summed E-state index contributed by atoms with van der Waals surface area (Å²) in [5.74, 6) is 7.67. The molecule has 0 spiro atoms. The fourth-order valence-electron chi connectivity index (χ4n) is 13.6. The second-order valence-corrected chi connectivity index (χ2v) is 28.3. The molecule has 22 heteroatoms. The predicted octanol–water partition coefficient (Wildman–Crippen LogP) is 23.9. The third kappa shape index (κ3) is 21.0. The van der Waals surface area contributed by atoms with Gasteiger partial charge in [-0.25, -0.2) is 58.6 Å².